The van der Waals surface area contributed by atoms with Gasteiger partial charge in [0.1, 0.15) is 0 Å². The molecule has 134 valence electrons. The van der Waals surface area contributed by atoms with Crippen LogP contribution in [0.15, 0.2) is 24.3 Å². The monoisotopic (exact) mass is 343 g/mol. The summed E-state index contributed by atoms with van der Waals surface area (Å²) in [5, 5.41) is 4.90. The number of hydrogen-bond acceptors (Lipinski definition) is 2. The molecule has 1 fully saturated rings. The SMILES string of the molecule is O=C(NCCCN1CCCCCC1)Nc1ccccc1C(F)(F)F. The number of para-hydroxylation sites is 1. The summed E-state index contributed by atoms with van der Waals surface area (Å²) in [5.41, 5.74) is -1.07. The van der Waals surface area contributed by atoms with Crippen molar-refractivity contribution in [3.8, 4) is 0 Å². The topological polar surface area (TPSA) is 44.4 Å². The van der Waals surface area contributed by atoms with E-state index in [1.54, 1.807) is 0 Å². The molecule has 1 aliphatic rings. The quantitative estimate of drug-likeness (QED) is 0.791. The molecule has 0 spiro atoms. The summed E-state index contributed by atoms with van der Waals surface area (Å²) >= 11 is 0. The minimum atomic E-state index is -4.49. The fraction of sp³-hybridized carbons (Fsp3) is 0.588. The Labute approximate surface area is 140 Å². The second-order valence-electron chi connectivity index (χ2n) is 6.03. The highest BCUT2D eigenvalue weighted by Gasteiger charge is 2.33. The lowest BCUT2D eigenvalue weighted by Crippen LogP contribution is -2.33. The first kappa shape index (κ1) is 18.6. The third-order valence-electron chi connectivity index (χ3n) is 4.12. The van der Waals surface area contributed by atoms with Gasteiger partial charge >= 0.3 is 12.2 Å². The smallest absolute Gasteiger partial charge is 0.338 e. The van der Waals surface area contributed by atoms with Crippen LogP contribution in [-0.2, 0) is 6.18 Å². The number of halogens is 3. The van der Waals surface area contributed by atoms with E-state index in [1.807, 2.05) is 0 Å². The molecule has 2 amide bonds. The summed E-state index contributed by atoms with van der Waals surface area (Å²) in [6.07, 6.45) is 1.26. The number of amides is 2. The van der Waals surface area contributed by atoms with Gasteiger partial charge in [-0.15, -0.1) is 0 Å². The van der Waals surface area contributed by atoms with Crippen molar-refractivity contribution in [2.45, 2.75) is 38.3 Å². The number of alkyl halides is 3. The van der Waals surface area contributed by atoms with E-state index in [2.05, 4.69) is 15.5 Å². The van der Waals surface area contributed by atoms with Crippen LogP contribution in [-0.4, -0.2) is 37.1 Å². The average molecular weight is 343 g/mol. The fourth-order valence-electron chi connectivity index (χ4n) is 2.87. The third kappa shape index (κ3) is 6.03. The van der Waals surface area contributed by atoms with Gasteiger partial charge in [-0.05, 0) is 51.0 Å². The van der Waals surface area contributed by atoms with Crippen molar-refractivity contribution in [1.82, 2.24) is 10.2 Å². The van der Waals surface area contributed by atoms with Crippen LogP contribution in [0.2, 0.25) is 0 Å². The molecule has 2 N–H and O–H groups in total. The third-order valence-corrected chi connectivity index (χ3v) is 4.12. The van der Waals surface area contributed by atoms with E-state index in [-0.39, 0.29) is 5.69 Å². The number of hydrogen-bond donors (Lipinski definition) is 2. The van der Waals surface area contributed by atoms with Crippen LogP contribution < -0.4 is 10.6 Å². The van der Waals surface area contributed by atoms with Gasteiger partial charge in [0.2, 0.25) is 0 Å². The molecule has 0 radical (unpaired) electrons. The standard InChI is InChI=1S/C17H24F3N3O/c18-17(19,20)14-8-3-4-9-15(14)22-16(24)21-10-7-13-23-11-5-1-2-6-12-23/h3-4,8-9H,1-2,5-7,10-13H2,(H2,21,22,24). The Hall–Kier alpha value is -1.76. The van der Waals surface area contributed by atoms with Crippen molar-refractivity contribution in [3.05, 3.63) is 29.8 Å². The predicted octanol–water partition coefficient (Wildman–Crippen LogP) is 4.09. The maximum absolute atomic E-state index is 12.9. The first-order chi connectivity index (χ1) is 11.5. The molecule has 0 atom stereocenters. The predicted molar refractivity (Wildman–Crippen MR) is 88.0 cm³/mol. The average Bonchev–Trinajstić information content (AvgIpc) is 2.80. The molecular weight excluding hydrogens is 319 g/mol. The van der Waals surface area contributed by atoms with Crippen LogP contribution >= 0.6 is 0 Å². The van der Waals surface area contributed by atoms with Gasteiger partial charge in [0.15, 0.2) is 0 Å². The maximum atomic E-state index is 12.9. The van der Waals surface area contributed by atoms with Crippen LogP contribution in [0.4, 0.5) is 23.7 Å². The lowest BCUT2D eigenvalue weighted by atomic mass is 10.1. The molecule has 2 rings (SSSR count). The number of carbonyl (C=O) groups excluding carboxylic acids is 1. The molecule has 0 aromatic heterocycles. The van der Waals surface area contributed by atoms with E-state index >= 15 is 0 Å². The summed E-state index contributed by atoms with van der Waals surface area (Å²) in [5.74, 6) is 0. The van der Waals surface area contributed by atoms with Gasteiger partial charge in [-0.1, -0.05) is 25.0 Å². The minimum absolute atomic E-state index is 0.227. The molecule has 0 saturated carbocycles. The Morgan fingerprint density at radius 2 is 1.75 bits per heavy atom. The second kappa shape index (κ2) is 8.92. The molecule has 1 saturated heterocycles. The summed E-state index contributed by atoms with van der Waals surface area (Å²) in [4.78, 5) is 14.2. The minimum Gasteiger partial charge on any atom is -0.338 e. The van der Waals surface area contributed by atoms with Crippen molar-refractivity contribution in [1.29, 1.82) is 0 Å². The molecule has 1 aliphatic heterocycles. The first-order valence-electron chi connectivity index (χ1n) is 8.40. The molecule has 1 aromatic carbocycles. The van der Waals surface area contributed by atoms with Crippen molar-refractivity contribution in [2.75, 3.05) is 31.5 Å². The number of urea groups is 1. The Morgan fingerprint density at radius 1 is 1.08 bits per heavy atom. The Balaban J connectivity index is 1.74. The molecule has 0 unspecified atom stereocenters. The zero-order chi connectivity index (χ0) is 17.4. The lowest BCUT2D eigenvalue weighted by Gasteiger charge is -2.19. The van der Waals surface area contributed by atoms with E-state index in [4.69, 9.17) is 0 Å². The number of nitrogens with one attached hydrogen (secondary N) is 2. The second-order valence-corrected chi connectivity index (χ2v) is 6.03. The molecule has 7 heteroatoms. The van der Waals surface area contributed by atoms with Gasteiger partial charge in [-0.3, -0.25) is 0 Å². The number of carbonyl (C=O) groups is 1. The zero-order valence-electron chi connectivity index (χ0n) is 13.7. The van der Waals surface area contributed by atoms with Crippen molar-refractivity contribution < 1.29 is 18.0 Å². The molecule has 24 heavy (non-hydrogen) atoms. The normalized spacial score (nSPS) is 16.5. The molecule has 1 aromatic rings. The highest BCUT2D eigenvalue weighted by molar-refractivity contribution is 5.90. The molecule has 0 bridgehead atoms. The van der Waals surface area contributed by atoms with E-state index < -0.39 is 17.8 Å². The summed E-state index contributed by atoms with van der Waals surface area (Å²) < 4.78 is 38.6. The fourth-order valence-corrected chi connectivity index (χ4v) is 2.87. The van der Waals surface area contributed by atoms with E-state index in [0.29, 0.717) is 6.54 Å². The van der Waals surface area contributed by atoms with E-state index in [1.165, 1.54) is 43.9 Å². The number of nitrogens with zero attached hydrogens (tertiary/aromatic N) is 1. The number of benzene rings is 1. The molecule has 4 nitrogen and oxygen atoms in total. The van der Waals surface area contributed by atoms with Crippen LogP contribution in [0.5, 0.6) is 0 Å². The van der Waals surface area contributed by atoms with Gasteiger partial charge in [0, 0.05) is 6.54 Å². The Bertz CT molecular complexity index is 526. The van der Waals surface area contributed by atoms with Crippen LogP contribution in [0.3, 0.4) is 0 Å². The maximum Gasteiger partial charge on any atom is 0.418 e. The molecule has 0 aliphatic carbocycles. The van der Waals surface area contributed by atoms with Gasteiger partial charge in [-0.25, -0.2) is 4.79 Å². The van der Waals surface area contributed by atoms with Crippen molar-refractivity contribution in [2.24, 2.45) is 0 Å². The number of anilines is 1. The largest absolute Gasteiger partial charge is 0.418 e. The van der Waals surface area contributed by atoms with E-state index in [0.717, 1.165) is 32.1 Å². The zero-order valence-corrected chi connectivity index (χ0v) is 13.7. The van der Waals surface area contributed by atoms with Crippen LogP contribution in [0.25, 0.3) is 0 Å². The van der Waals surface area contributed by atoms with Gasteiger partial charge in [-0.2, -0.15) is 13.2 Å². The van der Waals surface area contributed by atoms with Crippen molar-refractivity contribution in [3.63, 3.8) is 0 Å². The van der Waals surface area contributed by atoms with E-state index in [9.17, 15) is 18.0 Å². The summed E-state index contributed by atoms with van der Waals surface area (Å²) in [6, 6.07) is 4.36. The number of likely N-dealkylation sites (tertiary alicyclic amines) is 1. The lowest BCUT2D eigenvalue weighted by molar-refractivity contribution is -0.136. The highest BCUT2D eigenvalue weighted by Crippen LogP contribution is 2.34. The van der Waals surface area contributed by atoms with Gasteiger partial charge in [0.05, 0.1) is 11.3 Å². The summed E-state index contributed by atoms with van der Waals surface area (Å²) in [6.45, 7) is 3.52. The van der Waals surface area contributed by atoms with Crippen molar-refractivity contribution >= 4 is 11.7 Å². The highest BCUT2D eigenvalue weighted by atomic mass is 19.4. The summed E-state index contributed by atoms with van der Waals surface area (Å²) in [7, 11) is 0. The van der Waals surface area contributed by atoms with Gasteiger partial charge < -0.3 is 15.5 Å². The molecular formula is C17H24F3N3O. The Kier molecular flexibility index (Phi) is 6.90. The first-order valence-corrected chi connectivity index (χ1v) is 8.40. The number of rotatable bonds is 5. The van der Waals surface area contributed by atoms with Crippen LogP contribution in [0.1, 0.15) is 37.7 Å². The van der Waals surface area contributed by atoms with Crippen LogP contribution in [0, 0.1) is 0 Å². The van der Waals surface area contributed by atoms with Gasteiger partial charge in [0.25, 0.3) is 0 Å². The Morgan fingerprint density at radius 3 is 2.42 bits per heavy atom. The molecule has 1 heterocycles.